The van der Waals surface area contributed by atoms with E-state index in [1.165, 1.54) is 6.33 Å². The van der Waals surface area contributed by atoms with E-state index in [9.17, 15) is 0 Å². The molecule has 3 nitrogen and oxygen atoms in total. The SMILES string of the molecule is CC(C)(C)c1ccc(Cl)n2ncnc12. The first-order chi connectivity index (χ1) is 6.50. The largest absolute Gasteiger partial charge is 0.215 e. The second-order valence-corrected chi connectivity index (χ2v) is 4.70. The number of pyridine rings is 1. The maximum absolute atomic E-state index is 5.98. The van der Waals surface area contributed by atoms with Crippen LogP contribution in [-0.2, 0) is 5.41 Å². The van der Waals surface area contributed by atoms with Crippen molar-refractivity contribution in [2.45, 2.75) is 26.2 Å². The molecule has 0 bridgehead atoms. The maximum atomic E-state index is 5.98. The molecule has 0 aromatic carbocycles. The molecule has 14 heavy (non-hydrogen) atoms. The van der Waals surface area contributed by atoms with Gasteiger partial charge in [-0.05, 0) is 11.5 Å². The van der Waals surface area contributed by atoms with Gasteiger partial charge in [0, 0.05) is 5.56 Å². The number of fused-ring (bicyclic) bond motifs is 1. The van der Waals surface area contributed by atoms with Gasteiger partial charge in [-0.3, -0.25) is 0 Å². The molecular formula is C10H12ClN3. The van der Waals surface area contributed by atoms with Crippen LogP contribution in [0.3, 0.4) is 0 Å². The topological polar surface area (TPSA) is 30.2 Å². The molecule has 0 saturated carbocycles. The van der Waals surface area contributed by atoms with Gasteiger partial charge in [0.15, 0.2) is 5.65 Å². The third-order valence-corrected chi connectivity index (χ3v) is 2.47. The first-order valence-electron chi connectivity index (χ1n) is 4.49. The fourth-order valence-electron chi connectivity index (χ4n) is 1.46. The minimum atomic E-state index is 0.0544. The highest BCUT2D eigenvalue weighted by Crippen LogP contribution is 2.26. The van der Waals surface area contributed by atoms with Gasteiger partial charge in [0.05, 0.1) is 0 Å². The number of aromatic nitrogens is 3. The Kier molecular flexibility index (Phi) is 2.00. The van der Waals surface area contributed by atoms with Crippen molar-refractivity contribution >= 4 is 17.2 Å². The highest BCUT2D eigenvalue weighted by Gasteiger charge is 2.19. The van der Waals surface area contributed by atoms with Crippen LogP contribution in [0, 0.1) is 0 Å². The summed E-state index contributed by atoms with van der Waals surface area (Å²) in [5.41, 5.74) is 2.04. The summed E-state index contributed by atoms with van der Waals surface area (Å²) < 4.78 is 1.65. The summed E-state index contributed by atoms with van der Waals surface area (Å²) >= 11 is 5.98. The molecule has 4 heteroatoms. The van der Waals surface area contributed by atoms with Crippen molar-refractivity contribution in [3.63, 3.8) is 0 Å². The minimum absolute atomic E-state index is 0.0544. The number of hydrogen-bond donors (Lipinski definition) is 0. The summed E-state index contributed by atoms with van der Waals surface area (Å²) in [6.07, 6.45) is 1.52. The van der Waals surface area contributed by atoms with Gasteiger partial charge in [0.1, 0.15) is 11.5 Å². The lowest BCUT2D eigenvalue weighted by molar-refractivity contribution is 0.591. The van der Waals surface area contributed by atoms with Crippen molar-refractivity contribution in [1.29, 1.82) is 0 Å². The molecule has 0 saturated heterocycles. The standard InChI is InChI=1S/C10H12ClN3/c1-10(2,3)7-4-5-8(11)14-9(7)12-6-13-14/h4-6H,1-3H3. The molecule has 0 fully saturated rings. The van der Waals surface area contributed by atoms with Crippen LogP contribution in [0.15, 0.2) is 18.5 Å². The van der Waals surface area contributed by atoms with Crippen LogP contribution in [0.5, 0.6) is 0 Å². The molecule has 0 radical (unpaired) electrons. The van der Waals surface area contributed by atoms with E-state index in [0.29, 0.717) is 5.15 Å². The highest BCUT2D eigenvalue weighted by molar-refractivity contribution is 6.29. The van der Waals surface area contributed by atoms with Crippen LogP contribution in [-0.4, -0.2) is 14.6 Å². The van der Waals surface area contributed by atoms with Crippen LogP contribution in [0.4, 0.5) is 0 Å². The van der Waals surface area contributed by atoms with Crippen LogP contribution in [0.2, 0.25) is 5.15 Å². The van der Waals surface area contributed by atoms with E-state index >= 15 is 0 Å². The smallest absolute Gasteiger partial charge is 0.160 e. The number of rotatable bonds is 0. The molecule has 74 valence electrons. The zero-order valence-electron chi connectivity index (χ0n) is 8.45. The molecule has 0 spiro atoms. The summed E-state index contributed by atoms with van der Waals surface area (Å²) in [6, 6.07) is 3.86. The molecule has 2 heterocycles. The second-order valence-electron chi connectivity index (χ2n) is 4.32. The fourth-order valence-corrected chi connectivity index (χ4v) is 1.65. The Hall–Kier alpha value is -1.09. The Balaban J connectivity index is 2.80. The van der Waals surface area contributed by atoms with E-state index in [-0.39, 0.29) is 5.41 Å². The van der Waals surface area contributed by atoms with Crippen LogP contribution in [0.25, 0.3) is 5.65 Å². The zero-order chi connectivity index (χ0) is 10.3. The second kappa shape index (κ2) is 2.95. The minimum Gasteiger partial charge on any atom is -0.215 e. The van der Waals surface area contributed by atoms with E-state index in [0.717, 1.165) is 11.2 Å². The molecule has 0 N–H and O–H groups in total. The summed E-state index contributed by atoms with van der Waals surface area (Å²) in [6.45, 7) is 6.43. The van der Waals surface area contributed by atoms with Gasteiger partial charge in [-0.25, -0.2) is 9.50 Å². The average Bonchev–Trinajstić information content (AvgIpc) is 2.50. The number of halogens is 1. The normalized spacial score (nSPS) is 12.3. The molecule has 0 aliphatic rings. The Morgan fingerprint density at radius 2 is 2.00 bits per heavy atom. The first-order valence-corrected chi connectivity index (χ1v) is 4.86. The summed E-state index contributed by atoms with van der Waals surface area (Å²) in [5.74, 6) is 0. The maximum Gasteiger partial charge on any atom is 0.160 e. The van der Waals surface area contributed by atoms with Crippen molar-refractivity contribution in [2.75, 3.05) is 0 Å². The van der Waals surface area contributed by atoms with Crippen molar-refractivity contribution in [2.24, 2.45) is 0 Å². The number of nitrogens with zero attached hydrogens (tertiary/aromatic N) is 3. The Morgan fingerprint density at radius 1 is 1.29 bits per heavy atom. The zero-order valence-corrected chi connectivity index (χ0v) is 9.21. The molecule has 2 rings (SSSR count). The van der Waals surface area contributed by atoms with Crippen LogP contribution >= 0.6 is 11.6 Å². The lowest BCUT2D eigenvalue weighted by Crippen LogP contribution is -2.13. The predicted octanol–water partition coefficient (Wildman–Crippen LogP) is 2.68. The van der Waals surface area contributed by atoms with Gasteiger partial charge in [-0.15, -0.1) is 0 Å². The third-order valence-electron chi connectivity index (χ3n) is 2.19. The van der Waals surface area contributed by atoms with Gasteiger partial charge in [0.2, 0.25) is 0 Å². The van der Waals surface area contributed by atoms with Gasteiger partial charge in [-0.1, -0.05) is 38.4 Å². The Labute approximate surface area is 87.7 Å². The summed E-state index contributed by atoms with van der Waals surface area (Å²) in [5, 5.41) is 4.65. The van der Waals surface area contributed by atoms with Crippen LogP contribution < -0.4 is 0 Å². The molecule has 0 amide bonds. The lowest BCUT2D eigenvalue weighted by Gasteiger charge is -2.19. The first kappa shape index (κ1) is 9.46. The van der Waals surface area contributed by atoms with E-state index in [2.05, 4.69) is 30.9 Å². The van der Waals surface area contributed by atoms with Gasteiger partial charge in [0.25, 0.3) is 0 Å². The molecule has 2 aromatic heterocycles. The van der Waals surface area contributed by atoms with Crippen molar-refractivity contribution in [3.8, 4) is 0 Å². The fraction of sp³-hybridized carbons (Fsp3) is 0.400. The molecule has 2 aromatic rings. The molecule has 0 atom stereocenters. The van der Waals surface area contributed by atoms with E-state index in [4.69, 9.17) is 11.6 Å². The predicted molar refractivity (Wildman–Crippen MR) is 56.7 cm³/mol. The van der Waals surface area contributed by atoms with Crippen molar-refractivity contribution in [1.82, 2.24) is 14.6 Å². The summed E-state index contributed by atoms with van der Waals surface area (Å²) in [4.78, 5) is 4.21. The third kappa shape index (κ3) is 1.38. The molecule has 0 aliphatic heterocycles. The lowest BCUT2D eigenvalue weighted by atomic mass is 9.88. The Morgan fingerprint density at radius 3 is 2.64 bits per heavy atom. The van der Waals surface area contributed by atoms with Crippen LogP contribution in [0.1, 0.15) is 26.3 Å². The van der Waals surface area contributed by atoms with Gasteiger partial charge in [-0.2, -0.15) is 5.10 Å². The molecular weight excluding hydrogens is 198 g/mol. The van der Waals surface area contributed by atoms with E-state index in [1.54, 1.807) is 4.52 Å². The summed E-state index contributed by atoms with van der Waals surface area (Å²) in [7, 11) is 0. The monoisotopic (exact) mass is 209 g/mol. The van der Waals surface area contributed by atoms with E-state index in [1.807, 2.05) is 12.1 Å². The van der Waals surface area contributed by atoms with Gasteiger partial charge < -0.3 is 0 Å². The molecule has 0 aliphatic carbocycles. The average molecular weight is 210 g/mol. The van der Waals surface area contributed by atoms with Crippen molar-refractivity contribution < 1.29 is 0 Å². The van der Waals surface area contributed by atoms with E-state index < -0.39 is 0 Å². The quantitative estimate of drug-likeness (QED) is 0.625. The Bertz CT molecular complexity index is 468. The van der Waals surface area contributed by atoms with Gasteiger partial charge >= 0.3 is 0 Å². The van der Waals surface area contributed by atoms with Crippen molar-refractivity contribution in [3.05, 3.63) is 29.2 Å². The number of hydrogen-bond acceptors (Lipinski definition) is 2. The highest BCUT2D eigenvalue weighted by atomic mass is 35.5. The molecule has 0 unspecified atom stereocenters.